The maximum absolute atomic E-state index is 5.64. The molecule has 0 aromatic rings. The highest BCUT2D eigenvalue weighted by molar-refractivity contribution is 4.77. The fraction of sp³-hybridized carbons (Fsp3) is 1.00. The fourth-order valence-electron chi connectivity index (χ4n) is 1.79. The van der Waals surface area contributed by atoms with Gasteiger partial charge in [0.25, 0.3) is 0 Å². The molecule has 1 saturated heterocycles. The van der Waals surface area contributed by atoms with Crippen LogP contribution in [0.3, 0.4) is 0 Å². The zero-order valence-electron chi connectivity index (χ0n) is 12.0. The first kappa shape index (κ1) is 17.3. The summed E-state index contributed by atoms with van der Waals surface area (Å²) in [4.78, 5) is 2.30. The molecule has 0 aliphatic carbocycles. The molecule has 0 radical (unpaired) electrons. The van der Waals surface area contributed by atoms with E-state index in [1.807, 2.05) is 27.7 Å². The Hall–Kier alpha value is -0.0800. The van der Waals surface area contributed by atoms with Crippen LogP contribution in [0.1, 0.15) is 54.4 Å². The lowest BCUT2D eigenvalue weighted by Gasteiger charge is -2.35. The maximum atomic E-state index is 5.64. The quantitative estimate of drug-likeness (QED) is 0.666. The van der Waals surface area contributed by atoms with Crippen molar-refractivity contribution in [1.29, 1.82) is 0 Å². The summed E-state index contributed by atoms with van der Waals surface area (Å²) in [6.45, 7) is 12.3. The minimum atomic E-state index is 0.436. The third-order valence-corrected chi connectivity index (χ3v) is 2.40. The third-order valence-electron chi connectivity index (χ3n) is 2.40. The Morgan fingerprint density at radius 3 is 1.47 bits per heavy atom. The van der Waals surface area contributed by atoms with Gasteiger partial charge in [0.05, 0.1) is 12.2 Å². The molecule has 1 aliphatic heterocycles. The molecule has 1 heterocycles. The van der Waals surface area contributed by atoms with E-state index in [2.05, 4.69) is 32.8 Å². The molecule has 94 valence electrons. The van der Waals surface area contributed by atoms with Crippen molar-refractivity contribution >= 4 is 0 Å². The van der Waals surface area contributed by atoms with Gasteiger partial charge in [-0.2, -0.15) is 0 Å². The van der Waals surface area contributed by atoms with Gasteiger partial charge in [0.15, 0.2) is 0 Å². The Kier molecular flexibility index (Phi) is 12.1. The third kappa shape index (κ3) is 7.80. The second-order valence-electron chi connectivity index (χ2n) is 3.85. The van der Waals surface area contributed by atoms with E-state index in [4.69, 9.17) is 4.74 Å². The molecule has 0 bridgehead atoms. The van der Waals surface area contributed by atoms with E-state index in [0.717, 1.165) is 0 Å². The highest BCUT2D eigenvalue weighted by Crippen LogP contribution is 2.21. The number of ether oxygens (including phenoxy) is 1. The summed E-state index contributed by atoms with van der Waals surface area (Å²) in [6.07, 6.45) is 3.23. The highest BCUT2D eigenvalue weighted by Gasteiger charge is 2.25. The SMILES string of the molecule is CC.CC.CC1CC(N(C)C)C[C@H](C)O1. The first-order valence-corrected chi connectivity index (χ1v) is 6.41. The summed E-state index contributed by atoms with van der Waals surface area (Å²) in [5, 5.41) is 0. The standard InChI is InChI=1S/C9H19NO.2C2H6/c1-7-5-9(10(3)4)6-8(2)11-7;2*1-2/h7-9H,5-6H2,1-4H3;2*1-2H3/t7-,8?,9?;;/m0../s1. The molecule has 2 unspecified atom stereocenters. The van der Waals surface area contributed by atoms with Gasteiger partial charge in [-0.15, -0.1) is 0 Å². The van der Waals surface area contributed by atoms with E-state index in [1.54, 1.807) is 0 Å². The minimum Gasteiger partial charge on any atom is -0.375 e. The Labute approximate surface area is 97.0 Å². The second-order valence-corrected chi connectivity index (χ2v) is 3.85. The molecule has 1 fully saturated rings. The monoisotopic (exact) mass is 217 g/mol. The van der Waals surface area contributed by atoms with Gasteiger partial charge in [0.1, 0.15) is 0 Å². The van der Waals surface area contributed by atoms with Crippen molar-refractivity contribution < 1.29 is 4.74 Å². The smallest absolute Gasteiger partial charge is 0.0565 e. The van der Waals surface area contributed by atoms with Crippen LogP contribution < -0.4 is 0 Å². The summed E-state index contributed by atoms with van der Waals surface area (Å²) in [6, 6.07) is 0.716. The van der Waals surface area contributed by atoms with Gasteiger partial charge in [-0.1, -0.05) is 27.7 Å². The van der Waals surface area contributed by atoms with E-state index >= 15 is 0 Å². The number of hydrogen-bond acceptors (Lipinski definition) is 2. The zero-order valence-corrected chi connectivity index (χ0v) is 12.0. The van der Waals surface area contributed by atoms with E-state index in [9.17, 15) is 0 Å². The highest BCUT2D eigenvalue weighted by atomic mass is 16.5. The summed E-state index contributed by atoms with van der Waals surface area (Å²) in [7, 11) is 4.30. The van der Waals surface area contributed by atoms with Crippen molar-refractivity contribution in [2.24, 2.45) is 0 Å². The molecule has 0 aromatic carbocycles. The molecule has 1 rings (SSSR count). The van der Waals surface area contributed by atoms with Crippen LogP contribution in [-0.4, -0.2) is 37.2 Å². The van der Waals surface area contributed by atoms with Crippen molar-refractivity contribution in [2.45, 2.75) is 72.6 Å². The van der Waals surface area contributed by atoms with Crippen LogP contribution >= 0.6 is 0 Å². The van der Waals surface area contributed by atoms with Gasteiger partial charge in [0, 0.05) is 6.04 Å². The molecule has 0 aromatic heterocycles. The van der Waals surface area contributed by atoms with Crippen molar-refractivity contribution in [3.05, 3.63) is 0 Å². The normalized spacial score (nSPS) is 29.8. The van der Waals surface area contributed by atoms with Gasteiger partial charge in [-0.25, -0.2) is 0 Å². The van der Waals surface area contributed by atoms with Gasteiger partial charge in [-0.3, -0.25) is 0 Å². The van der Waals surface area contributed by atoms with Crippen molar-refractivity contribution in [1.82, 2.24) is 4.90 Å². The molecule has 2 nitrogen and oxygen atoms in total. The average molecular weight is 217 g/mol. The second kappa shape index (κ2) is 10.4. The first-order valence-electron chi connectivity index (χ1n) is 6.41. The van der Waals surface area contributed by atoms with E-state index in [-0.39, 0.29) is 0 Å². The van der Waals surface area contributed by atoms with Gasteiger partial charge in [-0.05, 0) is 40.8 Å². The summed E-state index contributed by atoms with van der Waals surface area (Å²) < 4.78 is 5.64. The van der Waals surface area contributed by atoms with Gasteiger partial charge < -0.3 is 9.64 Å². The molecule has 0 N–H and O–H groups in total. The molecule has 3 atom stereocenters. The van der Waals surface area contributed by atoms with Crippen molar-refractivity contribution in [3.63, 3.8) is 0 Å². The van der Waals surface area contributed by atoms with Crippen molar-refractivity contribution in [3.8, 4) is 0 Å². The van der Waals surface area contributed by atoms with Gasteiger partial charge >= 0.3 is 0 Å². The van der Waals surface area contributed by atoms with E-state index in [1.165, 1.54) is 12.8 Å². The summed E-state index contributed by atoms with van der Waals surface area (Å²) in [5.74, 6) is 0. The lowest BCUT2D eigenvalue weighted by atomic mass is 9.99. The van der Waals surface area contributed by atoms with E-state index in [0.29, 0.717) is 18.2 Å². The van der Waals surface area contributed by atoms with Crippen LogP contribution in [0.25, 0.3) is 0 Å². The molecular weight excluding hydrogens is 186 g/mol. The lowest BCUT2D eigenvalue weighted by Crippen LogP contribution is -2.40. The molecule has 2 heteroatoms. The summed E-state index contributed by atoms with van der Waals surface area (Å²) >= 11 is 0. The van der Waals surface area contributed by atoms with Crippen LogP contribution in [0.15, 0.2) is 0 Å². The zero-order chi connectivity index (χ0) is 12.4. The molecule has 0 saturated carbocycles. The largest absolute Gasteiger partial charge is 0.375 e. The van der Waals surface area contributed by atoms with Crippen LogP contribution in [0.2, 0.25) is 0 Å². The fourth-order valence-corrected chi connectivity index (χ4v) is 1.79. The topological polar surface area (TPSA) is 12.5 Å². The summed E-state index contributed by atoms with van der Waals surface area (Å²) in [5.41, 5.74) is 0. The van der Waals surface area contributed by atoms with Crippen LogP contribution in [-0.2, 0) is 4.74 Å². The first-order chi connectivity index (χ1) is 7.09. The van der Waals surface area contributed by atoms with Crippen molar-refractivity contribution in [2.75, 3.05) is 14.1 Å². The molecular formula is C13H31NO. The van der Waals surface area contributed by atoms with Crippen LogP contribution in [0.5, 0.6) is 0 Å². The predicted molar refractivity (Wildman–Crippen MR) is 69.4 cm³/mol. The average Bonchev–Trinajstić information content (AvgIpc) is 2.22. The maximum Gasteiger partial charge on any atom is 0.0565 e. The minimum absolute atomic E-state index is 0.436. The van der Waals surface area contributed by atoms with Crippen LogP contribution in [0, 0.1) is 0 Å². The lowest BCUT2D eigenvalue weighted by molar-refractivity contribution is -0.0578. The Morgan fingerprint density at radius 1 is 0.867 bits per heavy atom. The number of nitrogens with zero attached hydrogens (tertiary/aromatic N) is 1. The van der Waals surface area contributed by atoms with E-state index < -0.39 is 0 Å². The van der Waals surface area contributed by atoms with Gasteiger partial charge in [0.2, 0.25) is 0 Å². The molecule has 0 amide bonds. The molecule has 1 aliphatic rings. The Bertz CT molecular complexity index is 116. The van der Waals surface area contributed by atoms with Crippen LogP contribution in [0.4, 0.5) is 0 Å². The predicted octanol–water partition coefficient (Wildman–Crippen LogP) is 3.56. The molecule has 0 spiro atoms. The Balaban J connectivity index is 0. The Morgan fingerprint density at radius 2 is 1.20 bits per heavy atom. The number of rotatable bonds is 1. The molecule has 15 heavy (non-hydrogen) atoms. The number of hydrogen-bond donors (Lipinski definition) is 0.